The molecular formula is C21H36N4O4. The molecule has 29 heavy (non-hydrogen) atoms. The lowest BCUT2D eigenvalue weighted by Gasteiger charge is -2.34. The van der Waals surface area contributed by atoms with Gasteiger partial charge in [0.15, 0.2) is 0 Å². The van der Waals surface area contributed by atoms with E-state index in [1.165, 1.54) is 7.05 Å². The van der Waals surface area contributed by atoms with Crippen molar-refractivity contribution >= 4 is 23.6 Å². The zero-order valence-corrected chi connectivity index (χ0v) is 18.6. The molecule has 8 heteroatoms. The van der Waals surface area contributed by atoms with Crippen molar-refractivity contribution in [2.24, 2.45) is 11.3 Å². The summed E-state index contributed by atoms with van der Waals surface area (Å²) in [7, 11) is 1.54. The molecule has 8 nitrogen and oxygen atoms in total. The van der Waals surface area contributed by atoms with Gasteiger partial charge in [-0.05, 0) is 31.6 Å². The minimum absolute atomic E-state index is 0.0342. The topological polar surface area (TPSA) is 98.8 Å². The van der Waals surface area contributed by atoms with Crippen LogP contribution in [0.4, 0.5) is 0 Å². The van der Waals surface area contributed by atoms with Gasteiger partial charge in [-0.25, -0.2) is 0 Å². The van der Waals surface area contributed by atoms with Gasteiger partial charge in [-0.1, -0.05) is 34.6 Å². The molecule has 0 aromatic rings. The summed E-state index contributed by atoms with van der Waals surface area (Å²) in [6.07, 6.45) is 2.71. The summed E-state index contributed by atoms with van der Waals surface area (Å²) >= 11 is 0. The van der Waals surface area contributed by atoms with Crippen molar-refractivity contribution in [3.8, 4) is 0 Å². The van der Waals surface area contributed by atoms with Crippen molar-refractivity contribution in [2.45, 2.75) is 78.4 Å². The first kappa shape index (κ1) is 23.2. The highest BCUT2D eigenvalue weighted by Crippen LogP contribution is 2.29. The van der Waals surface area contributed by atoms with Crippen LogP contribution in [0, 0.1) is 11.3 Å². The normalized spacial score (nSPS) is 23.3. The van der Waals surface area contributed by atoms with Crippen molar-refractivity contribution in [1.82, 2.24) is 20.4 Å². The molecule has 3 atom stereocenters. The molecule has 0 radical (unpaired) electrons. The third-order valence-corrected chi connectivity index (χ3v) is 5.77. The Hall–Kier alpha value is -2.12. The molecule has 0 aliphatic carbocycles. The van der Waals surface area contributed by atoms with Crippen LogP contribution in [0.15, 0.2) is 0 Å². The number of hydrogen-bond acceptors (Lipinski definition) is 4. The van der Waals surface area contributed by atoms with Gasteiger partial charge in [-0.15, -0.1) is 0 Å². The Morgan fingerprint density at radius 2 is 1.48 bits per heavy atom. The van der Waals surface area contributed by atoms with Gasteiger partial charge in [0.2, 0.25) is 23.6 Å². The van der Waals surface area contributed by atoms with E-state index >= 15 is 0 Å². The second-order valence-electron chi connectivity index (χ2n) is 9.44. The number of likely N-dealkylation sites (N-methyl/N-ethyl adjacent to an activating group) is 1. The van der Waals surface area contributed by atoms with E-state index in [0.29, 0.717) is 25.9 Å². The Balaban J connectivity index is 2.13. The van der Waals surface area contributed by atoms with Crippen molar-refractivity contribution in [1.29, 1.82) is 0 Å². The SMILES string of the molecule is CNC(=O)[C@@H](NC(=O)[C@H]1CCCN1C(=O)[C@@H]1CCCN1C(=O)C(C)(C)C)C(C)C. The Morgan fingerprint density at radius 1 is 0.931 bits per heavy atom. The number of hydrogen-bond donors (Lipinski definition) is 2. The quantitative estimate of drug-likeness (QED) is 0.706. The molecule has 2 aliphatic heterocycles. The number of amides is 4. The van der Waals surface area contributed by atoms with Gasteiger partial charge in [0.05, 0.1) is 0 Å². The van der Waals surface area contributed by atoms with Crippen LogP contribution in [0.1, 0.15) is 60.3 Å². The number of likely N-dealkylation sites (tertiary alicyclic amines) is 2. The lowest BCUT2D eigenvalue weighted by molar-refractivity contribution is -0.150. The summed E-state index contributed by atoms with van der Waals surface area (Å²) < 4.78 is 0. The summed E-state index contributed by atoms with van der Waals surface area (Å²) in [5.41, 5.74) is -0.553. The molecule has 2 fully saturated rings. The maximum Gasteiger partial charge on any atom is 0.246 e. The molecule has 164 valence electrons. The van der Waals surface area contributed by atoms with Crippen LogP contribution < -0.4 is 10.6 Å². The molecule has 0 aromatic heterocycles. The molecule has 0 unspecified atom stereocenters. The average molecular weight is 409 g/mol. The number of carbonyl (C=O) groups is 4. The first-order chi connectivity index (χ1) is 13.5. The van der Waals surface area contributed by atoms with Crippen LogP contribution >= 0.6 is 0 Å². The van der Waals surface area contributed by atoms with Crippen molar-refractivity contribution in [3.63, 3.8) is 0 Å². The zero-order valence-electron chi connectivity index (χ0n) is 18.6. The maximum absolute atomic E-state index is 13.3. The minimum atomic E-state index is -0.643. The monoisotopic (exact) mass is 408 g/mol. The number of nitrogens with zero attached hydrogens (tertiary/aromatic N) is 2. The van der Waals surface area contributed by atoms with Gasteiger partial charge in [0, 0.05) is 25.6 Å². The Bertz CT molecular complexity index is 656. The molecule has 2 N–H and O–H groups in total. The van der Waals surface area contributed by atoms with E-state index in [-0.39, 0.29) is 29.5 Å². The highest BCUT2D eigenvalue weighted by atomic mass is 16.2. The van der Waals surface area contributed by atoms with E-state index in [0.717, 1.165) is 12.8 Å². The molecule has 2 rings (SSSR count). The van der Waals surface area contributed by atoms with Crippen LogP contribution in [0.3, 0.4) is 0 Å². The Kier molecular flexibility index (Phi) is 7.30. The molecule has 0 bridgehead atoms. The largest absolute Gasteiger partial charge is 0.357 e. The smallest absolute Gasteiger partial charge is 0.246 e. The predicted molar refractivity (Wildman–Crippen MR) is 110 cm³/mol. The number of rotatable bonds is 5. The van der Waals surface area contributed by atoms with Crippen molar-refractivity contribution in [2.75, 3.05) is 20.1 Å². The zero-order chi connectivity index (χ0) is 21.9. The van der Waals surface area contributed by atoms with E-state index in [4.69, 9.17) is 0 Å². The van der Waals surface area contributed by atoms with E-state index < -0.39 is 23.5 Å². The predicted octanol–water partition coefficient (Wildman–Crippen LogP) is 0.901. The van der Waals surface area contributed by atoms with Crippen LogP contribution in [0.2, 0.25) is 0 Å². The average Bonchev–Trinajstić information content (AvgIpc) is 3.32. The highest BCUT2D eigenvalue weighted by molar-refractivity contribution is 5.95. The summed E-state index contributed by atoms with van der Waals surface area (Å²) in [5, 5.41) is 5.39. The third kappa shape index (κ3) is 5.08. The van der Waals surface area contributed by atoms with Gasteiger partial charge in [0.25, 0.3) is 0 Å². The second-order valence-corrected chi connectivity index (χ2v) is 9.44. The number of nitrogens with one attached hydrogen (secondary N) is 2. The summed E-state index contributed by atoms with van der Waals surface area (Å²) in [6.45, 7) is 10.4. The molecular weight excluding hydrogens is 372 g/mol. The standard InChI is InChI=1S/C21H36N4O4/c1-13(2)16(18(27)22-6)23-17(26)14-9-7-11-24(14)19(28)15-10-8-12-25(15)20(29)21(3,4)5/h13-16H,7-12H2,1-6H3,(H,22,27)(H,23,26)/t14-,15+,16+/m1/s1. The van der Waals surface area contributed by atoms with Gasteiger partial charge in [-0.2, -0.15) is 0 Å². The van der Waals surface area contributed by atoms with Crippen LogP contribution in [0.25, 0.3) is 0 Å². The van der Waals surface area contributed by atoms with Crippen LogP contribution in [0.5, 0.6) is 0 Å². The van der Waals surface area contributed by atoms with Crippen molar-refractivity contribution in [3.05, 3.63) is 0 Å². The van der Waals surface area contributed by atoms with E-state index in [1.54, 1.807) is 9.80 Å². The molecule has 0 aromatic carbocycles. The summed E-state index contributed by atoms with van der Waals surface area (Å²) in [4.78, 5) is 54.4. The van der Waals surface area contributed by atoms with Crippen molar-refractivity contribution < 1.29 is 19.2 Å². The lowest BCUT2D eigenvalue weighted by atomic mass is 9.94. The first-order valence-corrected chi connectivity index (χ1v) is 10.6. The number of carbonyl (C=O) groups excluding carboxylic acids is 4. The molecule has 2 heterocycles. The van der Waals surface area contributed by atoms with Crippen LogP contribution in [-0.4, -0.2) is 71.7 Å². The van der Waals surface area contributed by atoms with Crippen LogP contribution in [-0.2, 0) is 19.2 Å². The van der Waals surface area contributed by atoms with E-state index in [1.807, 2.05) is 34.6 Å². The van der Waals surface area contributed by atoms with E-state index in [2.05, 4.69) is 10.6 Å². The molecule has 4 amide bonds. The van der Waals surface area contributed by atoms with Gasteiger partial charge in [0.1, 0.15) is 18.1 Å². The van der Waals surface area contributed by atoms with E-state index in [9.17, 15) is 19.2 Å². The fourth-order valence-corrected chi connectivity index (χ4v) is 4.13. The molecule has 0 saturated carbocycles. The highest BCUT2D eigenvalue weighted by Gasteiger charge is 2.44. The molecule has 0 spiro atoms. The minimum Gasteiger partial charge on any atom is -0.357 e. The Morgan fingerprint density at radius 3 is 2.00 bits per heavy atom. The lowest BCUT2D eigenvalue weighted by Crippen LogP contribution is -2.57. The Labute approximate surface area is 173 Å². The third-order valence-electron chi connectivity index (χ3n) is 5.77. The fraction of sp³-hybridized carbons (Fsp3) is 0.810. The fourth-order valence-electron chi connectivity index (χ4n) is 4.13. The molecule has 2 aliphatic rings. The summed E-state index contributed by atoms with van der Waals surface area (Å²) in [5.74, 6) is -0.808. The summed E-state index contributed by atoms with van der Waals surface area (Å²) in [6, 6.07) is -1.74. The van der Waals surface area contributed by atoms with Gasteiger partial charge >= 0.3 is 0 Å². The first-order valence-electron chi connectivity index (χ1n) is 10.6. The molecule has 2 saturated heterocycles. The van der Waals surface area contributed by atoms with Gasteiger partial charge < -0.3 is 20.4 Å². The maximum atomic E-state index is 13.3. The second kappa shape index (κ2) is 9.13. The van der Waals surface area contributed by atoms with Gasteiger partial charge in [-0.3, -0.25) is 19.2 Å².